The van der Waals surface area contributed by atoms with Crippen molar-refractivity contribution in [3.8, 4) is 0 Å². The molecule has 0 bridgehead atoms. The van der Waals surface area contributed by atoms with Crippen LogP contribution in [-0.2, 0) is 0 Å². The van der Waals surface area contributed by atoms with Gasteiger partial charge in [-0.1, -0.05) is 32.0 Å². The van der Waals surface area contributed by atoms with Gasteiger partial charge >= 0.3 is 0 Å². The molecular weight excluding hydrogens is 266 g/mol. The molecule has 3 rings (SSSR count). The molecule has 1 heterocycles. The molecule has 0 saturated heterocycles. The number of aromatic nitrogens is 1. The van der Waals surface area contributed by atoms with E-state index < -0.39 is 0 Å². The van der Waals surface area contributed by atoms with E-state index in [0.717, 1.165) is 21.6 Å². The predicted octanol–water partition coefficient (Wildman–Crippen LogP) is 4.75. The zero-order valence-electron chi connectivity index (χ0n) is 11.6. The van der Waals surface area contributed by atoms with E-state index in [2.05, 4.69) is 48.4 Å². The molecule has 0 aliphatic carbocycles. The SMILES string of the molecule is CC(C)c1ccccc1Nc1ccc2scnc2c1N. The van der Waals surface area contributed by atoms with Crippen molar-refractivity contribution in [3.63, 3.8) is 0 Å². The van der Waals surface area contributed by atoms with Crippen molar-refractivity contribution < 1.29 is 0 Å². The van der Waals surface area contributed by atoms with E-state index >= 15 is 0 Å². The Morgan fingerprint density at radius 1 is 1.10 bits per heavy atom. The zero-order valence-corrected chi connectivity index (χ0v) is 12.4. The number of benzene rings is 2. The summed E-state index contributed by atoms with van der Waals surface area (Å²) in [7, 11) is 0. The van der Waals surface area contributed by atoms with Crippen LogP contribution in [0, 0.1) is 0 Å². The van der Waals surface area contributed by atoms with E-state index in [1.807, 2.05) is 17.6 Å². The highest BCUT2D eigenvalue weighted by molar-refractivity contribution is 7.16. The van der Waals surface area contributed by atoms with Crippen LogP contribution in [0.15, 0.2) is 41.9 Å². The van der Waals surface area contributed by atoms with Gasteiger partial charge in [0.25, 0.3) is 0 Å². The fraction of sp³-hybridized carbons (Fsp3) is 0.188. The highest BCUT2D eigenvalue weighted by Crippen LogP contribution is 2.34. The largest absolute Gasteiger partial charge is 0.395 e. The number of nitrogens with zero attached hydrogens (tertiary/aromatic N) is 1. The van der Waals surface area contributed by atoms with E-state index in [1.54, 1.807) is 11.3 Å². The Morgan fingerprint density at radius 3 is 2.70 bits per heavy atom. The Labute approximate surface area is 122 Å². The summed E-state index contributed by atoms with van der Waals surface area (Å²) < 4.78 is 1.12. The molecule has 20 heavy (non-hydrogen) atoms. The molecule has 102 valence electrons. The van der Waals surface area contributed by atoms with E-state index in [0.29, 0.717) is 11.6 Å². The first-order valence-corrected chi connectivity index (χ1v) is 7.52. The van der Waals surface area contributed by atoms with Crippen LogP contribution in [0.25, 0.3) is 10.2 Å². The van der Waals surface area contributed by atoms with Crippen LogP contribution < -0.4 is 11.1 Å². The molecule has 0 saturated carbocycles. The monoisotopic (exact) mass is 283 g/mol. The summed E-state index contributed by atoms with van der Waals surface area (Å²) >= 11 is 1.61. The molecule has 0 aliphatic rings. The topological polar surface area (TPSA) is 50.9 Å². The second-order valence-electron chi connectivity index (χ2n) is 5.09. The molecule has 1 aromatic heterocycles. The third kappa shape index (κ3) is 2.23. The van der Waals surface area contributed by atoms with Crippen LogP contribution in [0.5, 0.6) is 0 Å². The first-order chi connectivity index (χ1) is 9.66. The smallest absolute Gasteiger partial charge is 0.106 e. The highest BCUT2D eigenvalue weighted by Gasteiger charge is 2.10. The zero-order chi connectivity index (χ0) is 14.1. The second kappa shape index (κ2) is 5.13. The molecule has 0 fully saturated rings. The summed E-state index contributed by atoms with van der Waals surface area (Å²) in [6.45, 7) is 4.38. The highest BCUT2D eigenvalue weighted by atomic mass is 32.1. The minimum Gasteiger partial charge on any atom is -0.395 e. The van der Waals surface area contributed by atoms with Gasteiger partial charge in [-0.15, -0.1) is 11.3 Å². The van der Waals surface area contributed by atoms with Gasteiger partial charge in [-0.05, 0) is 29.7 Å². The van der Waals surface area contributed by atoms with Gasteiger partial charge in [-0.2, -0.15) is 0 Å². The Hall–Kier alpha value is -2.07. The number of nitrogen functional groups attached to an aromatic ring is 1. The van der Waals surface area contributed by atoms with Gasteiger partial charge in [-0.25, -0.2) is 4.98 Å². The van der Waals surface area contributed by atoms with Crippen molar-refractivity contribution in [2.45, 2.75) is 19.8 Å². The number of hydrogen-bond acceptors (Lipinski definition) is 4. The second-order valence-corrected chi connectivity index (χ2v) is 5.98. The molecule has 0 atom stereocenters. The number of nitrogens with one attached hydrogen (secondary N) is 1. The maximum atomic E-state index is 6.22. The molecule has 3 N–H and O–H groups in total. The Morgan fingerprint density at radius 2 is 1.90 bits per heavy atom. The number of fused-ring (bicyclic) bond motifs is 1. The molecule has 3 nitrogen and oxygen atoms in total. The van der Waals surface area contributed by atoms with Gasteiger partial charge in [-0.3, -0.25) is 0 Å². The summed E-state index contributed by atoms with van der Waals surface area (Å²) in [5.74, 6) is 0.461. The van der Waals surface area contributed by atoms with Crippen molar-refractivity contribution in [2.75, 3.05) is 11.1 Å². The van der Waals surface area contributed by atoms with E-state index in [9.17, 15) is 0 Å². The number of para-hydroxylation sites is 1. The summed E-state index contributed by atoms with van der Waals surface area (Å²) in [5, 5.41) is 3.44. The lowest BCUT2D eigenvalue weighted by Gasteiger charge is -2.16. The third-order valence-electron chi connectivity index (χ3n) is 3.39. The van der Waals surface area contributed by atoms with Crippen LogP contribution in [0.1, 0.15) is 25.3 Å². The van der Waals surface area contributed by atoms with Crippen molar-refractivity contribution in [3.05, 3.63) is 47.5 Å². The molecule has 0 amide bonds. The molecule has 3 aromatic rings. The van der Waals surface area contributed by atoms with Crippen LogP contribution in [0.3, 0.4) is 0 Å². The summed E-state index contributed by atoms with van der Waals surface area (Å²) in [6.07, 6.45) is 0. The van der Waals surface area contributed by atoms with Crippen LogP contribution in [0.2, 0.25) is 0 Å². The van der Waals surface area contributed by atoms with Crippen molar-refractivity contribution in [2.24, 2.45) is 0 Å². The Kier molecular flexibility index (Phi) is 3.32. The number of rotatable bonds is 3. The summed E-state index contributed by atoms with van der Waals surface area (Å²) in [5.41, 5.74) is 12.9. The molecule has 0 unspecified atom stereocenters. The van der Waals surface area contributed by atoms with Gasteiger partial charge in [0.15, 0.2) is 0 Å². The fourth-order valence-electron chi connectivity index (χ4n) is 2.32. The number of nitrogens with two attached hydrogens (primary N) is 1. The van der Waals surface area contributed by atoms with E-state index in [-0.39, 0.29) is 0 Å². The fourth-order valence-corrected chi connectivity index (χ4v) is 3.01. The van der Waals surface area contributed by atoms with Gasteiger partial charge in [0, 0.05) is 5.69 Å². The predicted molar refractivity (Wildman–Crippen MR) is 87.8 cm³/mol. The number of anilines is 3. The molecular formula is C16H17N3S. The summed E-state index contributed by atoms with van der Waals surface area (Å²) in [4.78, 5) is 4.33. The lowest BCUT2D eigenvalue weighted by molar-refractivity contribution is 0.869. The summed E-state index contributed by atoms with van der Waals surface area (Å²) in [6, 6.07) is 12.4. The minimum atomic E-state index is 0.461. The maximum absolute atomic E-state index is 6.22. The molecule has 0 radical (unpaired) electrons. The van der Waals surface area contributed by atoms with E-state index in [1.165, 1.54) is 5.56 Å². The first kappa shape index (κ1) is 12.9. The third-order valence-corrected chi connectivity index (χ3v) is 4.19. The molecule has 0 aliphatic heterocycles. The average Bonchev–Trinajstić information content (AvgIpc) is 2.91. The van der Waals surface area contributed by atoms with Crippen molar-refractivity contribution >= 4 is 38.6 Å². The van der Waals surface area contributed by atoms with Gasteiger partial charge in [0.1, 0.15) is 5.52 Å². The Balaban J connectivity index is 2.03. The first-order valence-electron chi connectivity index (χ1n) is 6.64. The number of thiazole rings is 1. The van der Waals surface area contributed by atoms with Crippen molar-refractivity contribution in [1.29, 1.82) is 0 Å². The average molecular weight is 283 g/mol. The van der Waals surface area contributed by atoms with Crippen LogP contribution in [-0.4, -0.2) is 4.98 Å². The van der Waals surface area contributed by atoms with E-state index in [4.69, 9.17) is 5.73 Å². The molecule has 0 spiro atoms. The standard InChI is InChI=1S/C16H17N3S/c1-10(2)11-5-3-4-6-12(11)19-13-7-8-14-16(15(13)17)18-9-20-14/h3-10,19H,17H2,1-2H3. The molecule has 4 heteroatoms. The lowest BCUT2D eigenvalue weighted by Crippen LogP contribution is -2.00. The van der Waals surface area contributed by atoms with Crippen LogP contribution >= 0.6 is 11.3 Å². The normalized spacial score (nSPS) is 11.2. The van der Waals surface area contributed by atoms with Gasteiger partial charge in [0.05, 0.1) is 21.6 Å². The van der Waals surface area contributed by atoms with Crippen LogP contribution in [0.4, 0.5) is 17.1 Å². The van der Waals surface area contributed by atoms with Crippen molar-refractivity contribution in [1.82, 2.24) is 4.98 Å². The molecule has 2 aromatic carbocycles. The maximum Gasteiger partial charge on any atom is 0.106 e. The quantitative estimate of drug-likeness (QED) is 0.682. The Bertz CT molecular complexity index is 746. The van der Waals surface area contributed by atoms with Gasteiger partial charge in [0.2, 0.25) is 0 Å². The minimum absolute atomic E-state index is 0.461. The lowest BCUT2D eigenvalue weighted by atomic mass is 10.0. The van der Waals surface area contributed by atoms with Gasteiger partial charge < -0.3 is 11.1 Å². The number of hydrogen-bond donors (Lipinski definition) is 2.